The lowest BCUT2D eigenvalue weighted by Crippen LogP contribution is -2.29. The molecule has 0 aromatic rings. The highest BCUT2D eigenvalue weighted by Crippen LogP contribution is 2.30. The van der Waals surface area contributed by atoms with Crippen LogP contribution in [0.1, 0.15) is 38.5 Å². The molecule has 2 unspecified atom stereocenters. The van der Waals surface area contributed by atoms with Crippen LogP contribution in [0.3, 0.4) is 0 Å². The fourth-order valence-corrected chi connectivity index (χ4v) is 2.56. The predicted octanol–water partition coefficient (Wildman–Crippen LogP) is 2.68. The Kier molecular flexibility index (Phi) is 6.27. The van der Waals surface area contributed by atoms with Crippen LogP contribution in [0.2, 0.25) is 0 Å². The number of unbranched alkanes of at least 4 members (excludes halogenated alkanes) is 1. The molecule has 0 bridgehead atoms. The summed E-state index contributed by atoms with van der Waals surface area (Å²) in [5.41, 5.74) is 5.67. The zero-order chi connectivity index (χ0) is 12.7. The number of alkyl halides is 3. The monoisotopic (exact) mass is 252 g/mol. The van der Waals surface area contributed by atoms with Crippen LogP contribution in [0.5, 0.6) is 0 Å². The van der Waals surface area contributed by atoms with E-state index in [1.807, 2.05) is 0 Å². The normalized spacial score (nSPS) is 25.4. The first-order valence-corrected chi connectivity index (χ1v) is 6.50. The van der Waals surface area contributed by atoms with Gasteiger partial charge in [-0.25, -0.2) is 0 Å². The van der Waals surface area contributed by atoms with Crippen LogP contribution in [0, 0.1) is 11.8 Å². The van der Waals surface area contributed by atoms with Gasteiger partial charge in [0.25, 0.3) is 0 Å². The average molecular weight is 252 g/mol. The summed E-state index contributed by atoms with van der Waals surface area (Å²) < 4.78 is 35.6. The second kappa shape index (κ2) is 7.21. The van der Waals surface area contributed by atoms with Gasteiger partial charge in [-0.1, -0.05) is 6.42 Å². The van der Waals surface area contributed by atoms with E-state index in [-0.39, 0.29) is 6.42 Å². The maximum Gasteiger partial charge on any atom is 0.389 e. The van der Waals surface area contributed by atoms with Crippen LogP contribution < -0.4 is 11.1 Å². The molecule has 0 aliphatic heterocycles. The fraction of sp³-hybridized carbons (Fsp3) is 1.00. The molecule has 17 heavy (non-hydrogen) atoms. The third kappa shape index (κ3) is 6.27. The van der Waals surface area contributed by atoms with E-state index in [1.165, 1.54) is 19.3 Å². The molecule has 0 radical (unpaired) electrons. The van der Waals surface area contributed by atoms with Crippen LogP contribution in [0.25, 0.3) is 0 Å². The second-order valence-electron chi connectivity index (χ2n) is 4.96. The molecule has 3 N–H and O–H groups in total. The second-order valence-corrected chi connectivity index (χ2v) is 4.96. The molecule has 1 aliphatic rings. The number of nitrogens with one attached hydrogen (secondary N) is 1. The first-order chi connectivity index (χ1) is 8.03. The summed E-state index contributed by atoms with van der Waals surface area (Å²) >= 11 is 0. The van der Waals surface area contributed by atoms with Gasteiger partial charge < -0.3 is 11.1 Å². The maximum absolute atomic E-state index is 11.9. The molecule has 1 aliphatic carbocycles. The molecule has 0 spiro atoms. The standard InChI is InChI=1S/C12H23F3N2/c13-12(14,15)6-1-2-7-17-9-11-5-3-4-10(11)8-16/h10-11,17H,1-9,16H2. The molecule has 0 aromatic carbocycles. The molecule has 102 valence electrons. The predicted molar refractivity (Wildman–Crippen MR) is 62.7 cm³/mol. The largest absolute Gasteiger partial charge is 0.389 e. The summed E-state index contributed by atoms with van der Waals surface area (Å²) in [6, 6.07) is 0. The van der Waals surface area contributed by atoms with Crippen molar-refractivity contribution in [2.75, 3.05) is 19.6 Å². The summed E-state index contributed by atoms with van der Waals surface area (Å²) in [5, 5.41) is 3.25. The van der Waals surface area contributed by atoms with E-state index < -0.39 is 12.6 Å². The van der Waals surface area contributed by atoms with Crippen molar-refractivity contribution in [2.24, 2.45) is 17.6 Å². The molecule has 0 amide bonds. The molecule has 1 saturated carbocycles. The Morgan fingerprint density at radius 3 is 2.47 bits per heavy atom. The van der Waals surface area contributed by atoms with Crippen molar-refractivity contribution in [2.45, 2.75) is 44.7 Å². The van der Waals surface area contributed by atoms with Crippen molar-refractivity contribution in [1.82, 2.24) is 5.32 Å². The highest BCUT2D eigenvalue weighted by Gasteiger charge is 2.26. The lowest BCUT2D eigenvalue weighted by atomic mass is 9.96. The van der Waals surface area contributed by atoms with E-state index in [4.69, 9.17) is 5.73 Å². The van der Waals surface area contributed by atoms with E-state index in [0.29, 0.717) is 24.8 Å². The van der Waals surface area contributed by atoms with E-state index in [0.717, 1.165) is 13.1 Å². The summed E-state index contributed by atoms with van der Waals surface area (Å²) in [6.45, 7) is 2.33. The minimum absolute atomic E-state index is 0.224. The van der Waals surface area contributed by atoms with Gasteiger partial charge in [-0.15, -0.1) is 0 Å². The molecular formula is C12H23F3N2. The molecular weight excluding hydrogens is 229 g/mol. The van der Waals surface area contributed by atoms with Crippen molar-refractivity contribution in [3.63, 3.8) is 0 Å². The number of hydrogen-bond acceptors (Lipinski definition) is 2. The summed E-state index contributed by atoms with van der Waals surface area (Å²) in [6.07, 6.45) is -0.197. The smallest absolute Gasteiger partial charge is 0.330 e. The van der Waals surface area contributed by atoms with Crippen molar-refractivity contribution in [3.05, 3.63) is 0 Å². The SMILES string of the molecule is NCC1CCCC1CNCCCCC(F)(F)F. The van der Waals surface area contributed by atoms with E-state index in [1.54, 1.807) is 0 Å². The molecule has 2 atom stereocenters. The molecule has 0 heterocycles. The van der Waals surface area contributed by atoms with Gasteiger partial charge in [0.15, 0.2) is 0 Å². The molecule has 1 fully saturated rings. The average Bonchev–Trinajstić information content (AvgIpc) is 2.69. The Bertz CT molecular complexity index is 206. The van der Waals surface area contributed by atoms with Gasteiger partial charge in [-0.2, -0.15) is 13.2 Å². The van der Waals surface area contributed by atoms with Gasteiger partial charge in [0, 0.05) is 6.42 Å². The topological polar surface area (TPSA) is 38.0 Å². The van der Waals surface area contributed by atoms with Crippen molar-refractivity contribution >= 4 is 0 Å². The zero-order valence-corrected chi connectivity index (χ0v) is 10.2. The van der Waals surface area contributed by atoms with Crippen LogP contribution >= 0.6 is 0 Å². The van der Waals surface area contributed by atoms with Gasteiger partial charge in [-0.3, -0.25) is 0 Å². The summed E-state index contributed by atoms with van der Waals surface area (Å²) in [4.78, 5) is 0. The third-order valence-electron chi connectivity index (χ3n) is 3.59. The minimum atomic E-state index is -4.00. The van der Waals surface area contributed by atoms with Gasteiger partial charge in [0.1, 0.15) is 0 Å². The third-order valence-corrected chi connectivity index (χ3v) is 3.59. The summed E-state index contributed by atoms with van der Waals surface area (Å²) in [7, 11) is 0. The molecule has 5 heteroatoms. The maximum atomic E-state index is 11.9. The Hall–Kier alpha value is -0.290. The first-order valence-electron chi connectivity index (χ1n) is 6.50. The Balaban J connectivity index is 1.97. The highest BCUT2D eigenvalue weighted by molar-refractivity contribution is 4.79. The molecule has 2 nitrogen and oxygen atoms in total. The van der Waals surface area contributed by atoms with Crippen molar-refractivity contribution in [1.29, 1.82) is 0 Å². The van der Waals surface area contributed by atoms with Crippen molar-refractivity contribution in [3.8, 4) is 0 Å². The molecule has 0 aromatic heterocycles. The van der Waals surface area contributed by atoms with Gasteiger partial charge in [-0.05, 0) is 57.2 Å². The zero-order valence-electron chi connectivity index (χ0n) is 10.2. The van der Waals surface area contributed by atoms with Crippen LogP contribution in [-0.2, 0) is 0 Å². The Morgan fingerprint density at radius 1 is 1.12 bits per heavy atom. The Labute approximate surface area is 101 Å². The first kappa shape index (κ1) is 14.8. The Morgan fingerprint density at radius 2 is 1.82 bits per heavy atom. The molecule has 1 rings (SSSR count). The van der Waals surface area contributed by atoms with Crippen LogP contribution in [-0.4, -0.2) is 25.8 Å². The minimum Gasteiger partial charge on any atom is -0.330 e. The van der Waals surface area contributed by atoms with Crippen molar-refractivity contribution < 1.29 is 13.2 Å². The van der Waals surface area contributed by atoms with E-state index >= 15 is 0 Å². The van der Waals surface area contributed by atoms with E-state index in [2.05, 4.69) is 5.32 Å². The van der Waals surface area contributed by atoms with E-state index in [9.17, 15) is 13.2 Å². The summed E-state index contributed by atoms with van der Waals surface area (Å²) in [5.74, 6) is 1.24. The van der Waals surface area contributed by atoms with Crippen LogP contribution in [0.4, 0.5) is 13.2 Å². The number of hydrogen-bond donors (Lipinski definition) is 2. The highest BCUT2D eigenvalue weighted by atomic mass is 19.4. The number of halogens is 3. The van der Waals surface area contributed by atoms with Gasteiger partial charge >= 0.3 is 6.18 Å². The quantitative estimate of drug-likeness (QED) is 0.684. The molecule has 0 saturated heterocycles. The lowest BCUT2D eigenvalue weighted by Gasteiger charge is -2.18. The lowest BCUT2D eigenvalue weighted by molar-refractivity contribution is -0.135. The van der Waals surface area contributed by atoms with Gasteiger partial charge in [0.2, 0.25) is 0 Å². The number of nitrogens with two attached hydrogens (primary N) is 1. The fourth-order valence-electron chi connectivity index (χ4n) is 2.56. The van der Waals surface area contributed by atoms with Gasteiger partial charge in [0.05, 0.1) is 0 Å². The van der Waals surface area contributed by atoms with Crippen LogP contribution in [0.15, 0.2) is 0 Å². The number of rotatable bonds is 7.